The fourth-order valence-electron chi connectivity index (χ4n) is 3.05. The number of nitrogens with zero attached hydrogens (tertiary/aromatic N) is 2. The Hall–Kier alpha value is -2.84. The van der Waals surface area contributed by atoms with Crippen molar-refractivity contribution < 1.29 is 36.6 Å². The Balaban J connectivity index is 2.03. The van der Waals surface area contributed by atoms with E-state index in [-0.39, 0.29) is 33.3 Å². The first-order chi connectivity index (χ1) is 17.0. The van der Waals surface area contributed by atoms with Gasteiger partial charge in [-0.25, -0.2) is 13.8 Å². The molecule has 0 aliphatic carbocycles. The highest BCUT2D eigenvalue weighted by molar-refractivity contribution is 8.13. The molecule has 0 saturated heterocycles. The van der Waals surface area contributed by atoms with Crippen molar-refractivity contribution >= 4 is 40.0 Å². The normalized spacial score (nSPS) is 13.7. The van der Waals surface area contributed by atoms with E-state index in [0.717, 1.165) is 36.3 Å². The summed E-state index contributed by atoms with van der Waals surface area (Å²) < 4.78 is 65.6. The van der Waals surface area contributed by atoms with Gasteiger partial charge in [-0.3, -0.25) is 14.6 Å². The highest BCUT2D eigenvalue weighted by atomic mass is 32.2. The molecule has 0 radical (unpaired) electrons. The minimum Gasteiger partial charge on any atom is -0.384 e. The van der Waals surface area contributed by atoms with Gasteiger partial charge in [0.15, 0.2) is 0 Å². The zero-order valence-electron chi connectivity index (χ0n) is 18.9. The molecular weight excluding hydrogens is 527 g/mol. The van der Waals surface area contributed by atoms with Gasteiger partial charge in [0.1, 0.15) is 32.7 Å². The maximum absolute atomic E-state index is 13.9. The predicted molar refractivity (Wildman–Crippen MR) is 129 cm³/mol. The Labute approximate surface area is 211 Å². The molecule has 0 bridgehead atoms. The van der Waals surface area contributed by atoms with Crippen LogP contribution in [0.2, 0.25) is 0 Å². The second-order valence-corrected chi connectivity index (χ2v) is 9.15. The standard InChI is InChI=1S/C22H23F5N4O3S2/c1-3-28-21(35-2)18(33)14(8-5-9-22(25,26)27)31-16(32)11-29-19(34)15-10-30-20(36-15)17-12(23)6-4-7-13(17)24/h3-4,6-7,10,14,18,33H,1,5,8-9,11H2,2H3,(H,29,34)(H,31,32). The molecule has 0 aliphatic heterocycles. The summed E-state index contributed by atoms with van der Waals surface area (Å²) in [5.74, 6) is -3.23. The number of aliphatic imine (C=N–C) groups is 1. The van der Waals surface area contributed by atoms with Crippen molar-refractivity contribution in [2.24, 2.45) is 4.99 Å². The molecule has 36 heavy (non-hydrogen) atoms. The number of hydrogen-bond acceptors (Lipinski definition) is 7. The van der Waals surface area contributed by atoms with E-state index in [2.05, 4.69) is 27.2 Å². The van der Waals surface area contributed by atoms with Gasteiger partial charge in [-0.1, -0.05) is 12.6 Å². The van der Waals surface area contributed by atoms with E-state index < -0.39 is 54.7 Å². The monoisotopic (exact) mass is 550 g/mol. The van der Waals surface area contributed by atoms with Crippen molar-refractivity contribution in [1.82, 2.24) is 15.6 Å². The molecule has 2 amide bonds. The van der Waals surface area contributed by atoms with Crippen molar-refractivity contribution in [2.75, 3.05) is 12.8 Å². The SMILES string of the molecule is C=CN=C(SC)C(O)C(CCCC(F)(F)F)NC(=O)CNC(=O)c1cnc(-c2c(F)cccc2F)s1. The summed E-state index contributed by atoms with van der Waals surface area (Å²) in [7, 11) is 0. The second kappa shape index (κ2) is 13.5. The van der Waals surface area contributed by atoms with Crippen LogP contribution in [0.25, 0.3) is 10.6 Å². The predicted octanol–water partition coefficient (Wildman–Crippen LogP) is 4.30. The summed E-state index contributed by atoms with van der Waals surface area (Å²) in [6, 6.07) is 2.17. The lowest BCUT2D eigenvalue weighted by Gasteiger charge is -2.25. The summed E-state index contributed by atoms with van der Waals surface area (Å²) in [4.78, 5) is 32.5. The van der Waals surface area contributed by atoms with Crippen molar-refractivity contribution in [2.45, 2.75) is 37.6 Å². The van der Waals surface area contributed by atoms with Crippen LogP contribution in [-0.2, 0) is 4.79 Å². The van der Waals surface area contributed by atoms with Gasteiger partial charge in [0.2, 0.25) is 5.91 Å². The molecule has 1 heterocycles. The largest absolute Gasteiger partial charge is 0.389 e. The Morgan fingerprint density at radius 3 is 2.56 bits per heavy atom. The van der Waals surface area contributed by atoms with Gasteiger partial charge in [-0.15, -0.1) is 23.1 Å². The number of benzene rings is 1. The third-order valence-corrected chi connectivity index (χ3v) is 6.48. The summed E-state index contributed by atoms with van der Waals surface area (Å²) in [6.45, 7) is 2.84. The lowest BCUT2D eigenvalue weighted by Crippen LogP contribution is -2.49. The molecule has 2 unspecified atom stereocenters. The van der Waals surface area contributed by atoms with Gasteiger partial charge in [-0.2, -0.15) is 13.2 Å². The molecule has 7 nitrogen and oxygen atoms in total. The summed E-state index contributed by atoms with van der Waals surface area (Å²) in [5, 5.41) is 15.3. The number of aromatic nitrogens is 1. The first kappa shape index (κ1) is 29.4. The van der Waals surface area contributed by atoms with Crippen LogP contribution in [0, 0.1) is 11.6 Å². The number of hydrogen-bond donors (Lipinski definition) is 3. The quantitative estimate of drug-likeness (QED) is 0.220. The van der Waals surface area contributed by atoms with Crippen LogP contribution in [0.4, 0.5) is 22.0 Å². The number of thiazole rings is 1. The molecule has 0 aliphatic rings. The van der Waals surface area contributed by atoms with Crippen molar-refractivity contribution in [3.63, 3.8) is 0 Å². The first-order valence-corrected chi connectivity index (χ1v) is 12.5. The fourth-order valence-corrected chi connectivity index (χ4v) is 4.51. The number of carbonyl (C=O) groups excluding carboxylic acids is 2. The number of thioether (sulfide) groups is 1. The third-order valence-electron chi connectivity index (χ3n) is 4.70. The highest BCUT2D eigenvalue weighted by Crippen LogP contribution is 2.29. The van der Waals surface area contributed by atoms with Crippen molar-refractivity contribution in [3.8, 4) is 10.6 Å². The number of carbonyl (C=O) groups is 2. The number of aliphatic hydroxyl groups excluding tert-OH is 1. The van der Waals surface area contributed by atoms with Crippen LogP contribution >= 0.6 is 23.1 Å². The van der Waals surface area contributed by atoms with Crippen LogP contribution in [0.3, 0.4) is 0 Å². The Kier molecular flexibility index (Phi) is 11.0. The lowest BCUT2D eigenvalue weighted by molar-refractivity contribution is -0.136. The summed E-state index contributed by atoms with van der Waals surface area (Å²) in [5.41, 5.74) is -0.388. The van der Waals surface area contributed by atoms with E-state index in [9.17, 15) is 36.6 Å². The molecule has 2 atom stereocenters. The highest BCUT2D eigenvalue weighted by Gasteiger charge is 2.30. The van der Waals surface area contributed by atoms with Crippen molar-refractivity contribution in [3.05, 3.63) is 53.7 Å². The number of nitrogens with one attached hydrogen (secondary N) is 2. The molecular formula is C22H23F5N4O3S2. The molecule has 1 aromatic carbocycles. The average Bonchev–Trinajstić information content (AvgIpc) is 3.29. The Morgan fingerprint density at radius 1 is 1.31 bits per heavy atom. The minimum atomic E-state index is -4.40. The topological polar surface area (TPSA) is 104 Å². The molecule has 196 valence electrons. The van der Waals surface area contributed by atoms with Crippen LogP contribution in [-0.4, -0.2) is 58.1 Å². The van der Waals surface area contributed by atoms with Crippen LogP contribution in [0.5, 0.6) is 0 Å². The van der Waals surface area contributed by atoms with Crippen LogP contribution in [0.1, 0.15) is 28.9 Å². The van der Waals surface area contributed by atoms with E-state index in [0.29, 0.717) is 11.3 Å². The van der Waals surface area contributed by atoms with Gasteiger partial charge in [0.05, 0.1) is 24.3 Å². The van der Waals surface area contributed by atoms with E-state index >= 15 is 0 Å². The molecule has 0 fully saturated rings. The maximum Gasteiger partial charge on any atom is 0.389 e. The molecule has 0 spiro atoms. The fraction of sp³-hybridized carbons (Fsp3) is 0.364. The second-order valence-electron chi connectivity index (χ2n) is 7.29. The van der Waals surface area contributed by atoms with Crippen LogP contribution in [0.15, 0.2) is 42.2 Å². The van der Waals surface area contributed by atoms with Gasteiger partial charge < -0.3 is 15.7 Å². The van der Waals surface area contributed by atoms with Crippen molar-refractivity contribution in [1.29, 1.82) is 0 Å². The van der Waals surface area contributed by atoms with Gasteiger partial charge in [0.25, 0.3) is 5.91 Å². The summed E-state index contributed by atoms with van der Waals surface area (Å²) in [6.07, 6.45) is -3.62. The van der Waals surface area contributed by atoms with E-state index in [1.807, 2.05) is 0 Å². The number of alkyl halides is 3. The smallest absolute Gasteiger partial charge is 0.384 e. The number of aliphatic hydroxyl groups is 1. The van der Waals surface area contributed by atoms with Gasteiger partial charge in [0, 0.05) is 12.6 Å². The molecule has 14 heteroatoms. The van der Waals surface area contributed by atoms with E-state index in [4.69, 9.17) is 0 Å². The van der Waals surface area contributed by atoms with E-state index in [1.165, 1.54) is 6.07 Å². The first-order valence-electron chi connectivity index (χ1n) is 10.4. The lowest BCUT2D eigenvalue weighted by atomic mass is 10.0. The maximum atomic E-state index is 13.9. The van der Waals surface area contributed by atoms with E-state index in [1.54, 1.807) is 6.26 Å². The molecule has 3 N–H and O–H groups in total. The van der Waals surface area contributed by atoms with Crippen LogP contribution < -0.4 is 10.6 Å². The van der Waals surface area contributed by atoms with Gasteiger partial charge >= 0.3 is 6.18 Å². The molecule has 2 aromatic rings. The molecule has 0 saturated carbocycles. The third kappa shape index (κ3) is 8.68. The average molecular weight is 551 g/mol. The summed E-state index contributed by atoms with van der Waals surface area (Å²) >= 11 is 1.75. The Morgan fingerprint density at radius 2 is 1.97 bits per heavy atom. The Bertz CT molecular complexity index is 1090. The van der Waals surface area contributed by atoms with Gasteiger partial charge in [-0.05, 0) is 31.2 Å². The molecule has 1 aromatic heterocycles. The molecule has 2 rings (SSSR count). The number of rotatable bonds is 11. The zero-order valence-corrected chi connectivity index (χ0v) is 20.6. The number of amides is 2. The minimum absolute atomic E-state index is 0.0231. The number of halogens is 5. The zero-order chi connectivity index (χ0) is 26.9.